The first kappa shape index (κ1) is 42.9. The minimum atomic E-state index is -1.41. The predicted octanol–water partition coefficient (Wildman–Crippen LogP) is 2.09. The minimum Gasteiger partial charge on any atom is -0.423 e. The van der Waals surface area contributed by atoms with Crippen molar-refractivity contribution in [1.82, 2.24) is 36.1 Å². The van der Waals surface area contributed by atoms with Crippen molar-refractivity contribution in [2.45, 2.75) is 82.1 Å². The molecule has 5 heterocycles. The van der Waals surface area contributed by atoms with Gasteiger partial charge in [0, 0.05) is 83.2 Å². The van der Waals surface area contributed by atoms with Crippen LogP contribution in [0.1, 0.15) is 48.8 Å². The van der Waals surface area contributed by atoms with Crippen molar-refractivity contribution in [2.75, 3.05) is 11.9 Å². The van der Waals surface area contributed by atoms with Crippen molar-refractivity contribution in [1.29, 1.82) is 0 Å². The highest BCUT2D eigenvalue weighted by molar-refractivity contribution is 6.02. The quantitative estimate of drug-likeness (QED) is 0.0702. The fourth-order valence-electron chi connectivity index (χ4n) is 8.62. The van der Waals surface area contributed by atoms with Crippen molar-refractivity contribution in [2.24, 2.45) is 5.73 Å². The van der Waals surface area contributed by atoms with E-state index in [4.69, 9.17) is 10.2 Å². The molecule has 2 saturated heterocycles. The number of nitrogens with one attached hydrogen (secondary N) is 7. The summed E-state index contributed by atoms with van der Waals surface area (Å²) >= 11 is 0. The van der Waals surface area contributed by atoms with E-state index in [2.05, 4.69) is 36.6 Å². The van der Waals surface area contributed by atoms with E-state index in [-0.39, 0.29) is 50.1 Å². The highest BCUT2D eigenvalue weighted by Gasteiger charge is 2.41. The molecule has 18 nitrogen and oxygen atoms in total. The predicted molar refractivity (Wildman–Crippen MR) is 235 cm³/mol. The fourth-order valence-corrected chi connectivity index (χ4v) is 8.62. The summed E-state index contributed by atoms with van der Waals surface area (Å²) in [5.74, 6) is -4.49. The molecule has 3 aromatic carbocycles. The van der Waals surface area contributed by atoms with Crippen LogP contribution < -0.4 is 37.9 Å². The van der Waals surface area contributed by atoms with Gasteiger partial charge in [-0.2, -0.15) is 0 Å². The Labute approximate surface area is 365 Å². The number of anilines is 1. The van der Waals surface area contributed by atoms with E-state index in [0.717, 1.165) is 27.4 Å². The van der Waals surface area contributed by atoms with Crippen LogP contribution in [-0.2, 0) is 46.4 Å². The summed E-state index contributed by atoms with van der Waals surface area (Å²) in [4.78, 5) is 114. The number of H-pyrrole nitrogens is 2. The summed E-state index contributed by atoms with van der Waals surface area (Å²) < 4.78 is 5.41. The second-order valence-corrected chi connectivity index (χ2v) is 16.3. The number of carbonyl (C=O) groups excluding carboxylic acids is 7. The van der Waals surface area contributed by atoms with E-state index in [1.54, 1.807) is 31.5 Å². The summed E-state index contributed by atoms with van der Waals surface area (Å²) in [5, 5.41) is 16.0. The number of hydrogen-bond donors (Lipinski definition) is 8. The fraction of sp³-hybridized carbons (Fsp3) is 0.304. The summed E-state index contributed by atoms with van der Waals surface area (Å²) in [6.07, 6.45) is 3.95. The van der Waals surface area contributed by atoms with Gasteiger partial charge in [-0.15, -0.1) is 0 Å². The summed E-state index contributed by atoms with van der Waals surface area (Å²) in [7, 11) is 0. The lowest BCUT2D eigenvalue weighted by molar-refractivity contribution is -0.143. The number of para-hydroxylation sites is 2. The van der Waals surface area contributed by atoms with Gasteiger partial charge in [-0.25, -0.2) is 4.79 Å². The maximum absolute atomic E-state index is 14.7. The molecule has 18 heteroatoms. The second-order valence-electron chi connectivity index (χ2n) is 16.3. The zero-order valence-corrected chi connectivity index (χ0v) is 34.8. The third-order valence-corrected chi connectivity index (χ3v) is 11.9. The molecular formula is C46H47N9O9. The lowest BCUT2D eigenvalue weighted by Gasteiger charge is -2.30. The van der Waals surface area contributed by atoms with Crippen LogP contribution in [-0.4, -0.2) is 93.0 Å². The van der Waals surface area contributed by atoms with Crippen molar-refractivity contribution in [3.63, 3.8) is 0 Å². The number of aromatic amines is 2. The van der Waals surface area contributed by atoms with Crippen LogP contribution in [0.15, 0.2) is 94.4 Å². The van der Waals surface area contributed by atoms with E-state index >= 15 is 0 Å². The topological polar surface area (TPSA) is 271 Å². The second kappa shape index (κ2) is 18.3. The number of primary amides is 1. The Morgan fingerprint density at radius 1 is 0.766 bits per heavy atom. The third kappa shape index (κ3) is 9.35. The van der Waals surface area contributed by atoms with Gasteiger partial charge in [-0.3, -0.25) is 33.6 Å². The Kier molecular flexibility index (Phi) is 12.3. The maximum atomic E-state index is 14.7. The van der Waals surface area contributed by atoms with Gasteiger partial charge in [0.1, 0.15) is 35.8 Å². The highest BCUT2D eigenvalue weighted by atomic mass is 16.4. The number of nitrogens with zero attached hydrogens (tertiary/aromatic N) is 1. The molecule has 64 heavy (non-hydrogen) atoms. The number of rotatable bonds is 15. The van der Waals surface area contributed by atoms with Crippen molar-refractivity contribution in [3.8, 4) is 0 Å². The zero-order chi connectivity index (χ0) is 45.1. The van der Waals surface area contributed by atoms with Crippen LogP contribution in [0.4, 0.5) is 5.69 Å². The molecule has 0 radical (unpaired) electrons. The molecule has 0 saturated carbocycles. The number of likely N-dealkylation sites (tertiary alicyclic amines) is 1. The Morgan fingerprint density at radius 3 is 2.05 bits per heavy atom. The summed E-state index contributed by atoms with van der Waals surface area (Å²) in [6, 6.07) is 15.4. The lowest BCUT2D eigenvalue weighted by atomic mass is 10.0. The van der Waals surface area contributed by atoms with Gasteiger partial charge in [0.25, 0.3) is 0 Å². The number of amides is 7. The average Bonchev–Trinajstić information content (AvgIpc) is 4.10. The number of benzene rings is 3. The Hall–Kier alpha value is -7.76. The Morgan fingerprint density at radius 2 is 1.41 bits per heavy atom. The third-order valence-electron chi connectivity index (χ3n) is 11.9. The molecule has 8 rings (SSSR count). The highest BCUT2D eigenvalue weighted by Crippen LogP contribution is 2.25. The van der Waals surface area contributed by atoms with E-state index in [1.165, 1.54) is 17.0 Å². The van der Waals surface area contributed by atoms with Crippen LogP contribution in [0.3, 0.4) is 0 Å². The van der Waals surface area contributed by atoms with Gasteiger partial charge in [0.15, 0.2) is 0 Å². The molecule has 330 valence electrons. The van der Waals surface area contributed by atoms with Gasteiger partial charge in [0.2, 0.25) is 41.4 Å². The van der Waals surface area contributed by atoms with E-state index < -0.39 is 77.7 Å². The van der Waals surface area contributed by atoms with Crippen LogP contribution in [0, 0.1) is 6.92 Å². The van der Waals surface area contributed by atoms with Crippen LogP contribution in [0.5, 0.6) is 0 Å². The van der Waals surface area contributed by atoms with Gasteiger partial charge in [-0.05, 0) is 67.1 Å². The normalized spacial score (nSPS) is 17.5. The number of aryl methyl sites for hydroxylation is 1. The smallest absolute Gasteiger partial charge is 0.336 e. The molecule has 0 aliphatic carbocycles. The van der Waals surface area contributed by atoms with Crippen molar-refractivity contribution >= 4 is 79.8 Å². The van der Waals surface area contributed by atoms with Crippen LogP contribution >= 0.6 is 0 Å². The summed E-state index contributed by atoms with van der Waals surface area (Å²) in [6.45, 7) is 1.89. The van der Waals surface area contributed by atoms with Gasteiger partial charge < -0.3 is 51.6 Å². The van der Waals surface area contributed by atoms with Crippen molar-refractivity contribution < 1.29 is 38.0 Å². The monoisotopic (exact) mass is 869 g/mol. The first-order valence-electron chi connectivity index (χ1n) is 21.1. The van der Waals surface area contributed by atoms with Gasteiger partial charge in [0.05, 0.1) is 6.42 Å². The maximum Gasteiger partial charge on any atom is 0.336 e. The number of carbonyl (C=O) groups is 7. The van der Waals surface area contributed by atoms with Crippen LogP contribution in [0.2, 0.25) is 0 Å². The first-order valence-corrected chi connectivity index (χ1v) is 21.1. The molecule has 2 aliphatic heterocycles. The molecule has 2 aliphatic rings. The number of aromatic nitrogens is 2. The molecule has 5 unspecified atom stereocenters. The largest absolute Gasteiger partial charge is 0.423 e. The van der Waals surface area contributed by atoms with Gasteiger partial charge in [-0.1, -0.05) is 36.4 Å². The zero-order valence-electron chi connectivity index (χ0n) is 34.8. The number of fused-ring (bicyclic) bond motifs is 3. The number of hydrogen-bond acceptors (Lipinski definition) is 9. The van der Waals surface area contributed by atoms with Crippen LogP contribution in [0.25, 0.3) is 32.8 Å². The van der Waals surface area contributed by atoms with E-state index in [9.17, 15) is 38.4 Å². The molecule has 7 amide bonds. The summed E-state index contributed by atoms with van der Waals surface area (Å²) in [5.41, 5.74) is 9.29. The van der Waals surface area contributed by atoms with Gasteiger partial charge >= 0.3 is 5.63 Å². The standard InChI is InChI=1S/C46H47N9O9/c1-24-17-41(58)64-38-20-27(12-13-28(24)38)50-43(60)34(18-25-22-48-31-9-4-2-7-29(25)31)52-44(61)35(19-26-23-49-32-10-5-3-8-30(26)32)53-45(62)37-11-6-16-55(37)46(63)36(21-39(47)56)54-42(59)33-14-15-40(57)51-33/h2-5,7-10,12-13,17,20,22-23,33-37,48-49H,6,11,14-16,18-19,21H2,1H3,(H2,47,56)(H,50,60)(H,51,57)(H,52,61)(H,53,62)(H,54,59). The minimum absolute atomic E-state index is 0.0137. The molecule has 5 atom stereocenters. The molecule has 9 N–H and O–H groups in total. The number of nitrogens with two attached hydrogens (primary N) is 1. The average molecular weight is 870 g/mol. The first-order chi connectivity index (χ1) is 30.8. The molecular weight excluding hydrogens is 823 g/mol. The lowest BCUT2D eigenvalue weighted by Crippen LogP contribution is -2.59. The SMILES string of the molecule is Cc1cc(=O)oc2cc(NC(=O)C(Cc3c[nH]c4ccccc34)NC(=O)C(Cc3c[nH]c4ccccc34)NC(=O)C3CCCN3C(=O)C(CC(N)=O)NC(=O)C3CCC(=O)N3)ccc12. The molecule has 3 aromatic heterocycles. The van der Waals surface area contributed by atoms with E-state index in [0.29, 0.717) is 28.6 Å². The Balaban J connectivity index is 1.07. The molecule has 0 bridgehead atoms. The molecule has 0 spiro atoms. The Bertz CT molecular complexity index is 2880. The molecule has 2 fully saturated rings. The molecule has 6 aromatic rings. The van der Waals surface area contributed by atoms with Crippen molar-refractivity contribution in [3.05, 3.63) is 112 Å². The van der Waals surface area contributed by atoms with E-state index in [1.807, 2.05) is 48.5 Å².